The minimum atomic E-state index is -0.489. The van der Waals surface area contributed by atoms with E-state index in [0.29, 0.717) is 37.6 Å². The van der Waals surface area contributed by atoms with E-state index >= 15 is 0 Å². The molecule has 0 spiro atoms. The second-order valence-electron chi connectivity index (χ2n) is 5.22. The fraction of sp³-hybridized carbons (Fsp3) is 0.615. The highest BCUT2D eigenvalue weighted by atomic mass is 16.3. The lowest BCUT2D eigenvalue weighted by atomic mass is 10.0. The summed E-state index contributed by atoms with van der Waals surface area (Å²) in [6, 6.07) is 2.29. The third-order valence-corrected chi connectivity index (χ3v) is 3.57. The van der Waals surface area contributed by atoms with E-state index in [-0.39, 0.29) is 5.91 Å². The van der Waals surface area contributed by atoms with Crippen LogP contribution in [0.15, 0.2) is 10.8 Å². The molecule has 0 saturated carbocycles. The molecule has 2 heterocycles. The third-order valence-electron chi connectivity index (χ3n) is 3.57. The monoisotopic (exact) mass is 262 g/mol. The van der Waals surface area contributed by atoms with Crippen molar-refractivity contribution in [2.45, 2.75) is 26.3 Å². The van der Waals surface area contributed by atoms with Gasteiger partial charge in [0.25, 0.3) is 5.91 Å². The van der Waals surface area contributed by atoms with Gasteiger partial charge in [0.05, 0.1) is 11.8 Å². The average molecular weight is 262 g/mol. The molecule has 102 valence electrons. The van der Waals surface area contributed by atoms with Gasteiger partial charge in [-0.25, -0.2) is 4.98 Å². The molecule has 0 unspecified atom stereocenters. The van der Waals surface area contributed by atoms with Crippen molar-refractivity contribution in [3.05, 3.63) is 17.8 Å². The number of nitrogens with zero attached hydrogens (tertiary/aromatic N) is 4. The van der Waals surface area contributed by atoms with Crippen LogP contribution in [-0.2, 0) is 0 Å². The largest absolute Gasteiger partial charge is 0.438 e. The minimum absolute atomic E-state index is 0.121. The Labute approximate surface area is 112 Å². The van der Waals surface area contributed by atoms with Crippen molar-refractivity contribution in [1.82, 2.24) is 14.8 Å². The van der Waals surface area contributed by atoms with Crippen LogP contribution in [0.2, 0.25) is 0 Å². The van der Waals surface area contributed by atoms with E-state index < -0.39 is 5.54 Å². The van der Waals surface area contributed by atoms with Crippen molar-refractivity contribution < 1.29 is 9.21 Å². The molecular weight excluding hydrogens is 244 g/mol. The zero-order valence-corrected chi connectivity index (χ0v) is 11.5. The summed E-state index contributed by atoms with van der Waals surface area (Å²) in [6.45, 7) is 8.13. The minimum Gasteiger partial charge on any atom is -0.438 e. The number of amides is 1. The van der Waals surface area contributed by atoms with Crippen LogP contribution in [0, 0.1) is 18.3 Å². The number of carbonyl (C=O) groups excluding carboxylic acids is 1. The van der Waals surface area contributed by atoms with E-state index in [1.807, 2.05) is 13.8 Å². The van der Waals surface area contributed by atoms with Crippen molar-refractivity contribution in [2.24, 2.45) is 0 Å². The fourth-order valence-electron chi connectivity index (χ4n) is 2.19. The van der Waals surface area contributed by atoms with Gasteiger partial charge >= 0.3 is 0 Å². The Morgan fingerprint density at radius 3 is 2.53 bits per heavy atom. The van der Waals surface area contributed by atoms with E-state index in [1.165, 1.54) is 6.39 Å². The lowest BCUT2D eigenvalue weighted by Gasteiger charge is -2.40. The second-order valence-corrected chi connectivity index (χ2v) is 5.22. The quantitative estimate of drug-likeness (QED) is 0.796. The predicted molar refractivity (Wildman–Crippen MR) is 68.4 cm³/mol. The van der Waals surface area contributed by atoms with Gasteiger partial charge < -0.3 is 9.32 Å². The number of oxazole rings is 1. The molecule has 1 fully saturated rings. The zero-order valence-electron chi connectivity index (χ0n) is 11.5. The van der Waals surface area contributed by atoms with Gasteiger partial charge in [-0.3, -0.25) is 9.69 Å². The first-order valence-corrected chi connectivity index (χ1v) is 6.31. The maximum Gasteiger partial charge on any atom is 0.291 e. The van der Waals surface area contributed by atoms with Gasteiger partial charge in [0, 0.05) is 26.2 Å². The van der Waals surface area contributed by atoms with Gasteiger partial charge in [0.15, 0.2) is 6.39 Å². The number of carbonyl (C=O) groups is 1. The van der Waals surface area contributed by atoms with E-state index in [2.05, 4.69) is 16.0 Å². The maximum atomic E-state index is 12.2. The van der Waals surface area contributed by atoms with E-state index in [0.717, 1.165) is 0 Å². The van der Waals surface area contributed by atoms with Gasteiger partial charge in [0.1, 0.15) is 5.54 Å². The third kappa shape index (κ3) is 2.61. The molecule has 6 heteroatoms. The molecule has 0 radical (unpaired) electrons. The number of aromatic nitrogens is 1. The molecule has 0 aliphatic carbocycles. The Bertz CT molecular complexity index is 507. The zero-order chi connectivity index (χ0) is 14.0. The first-order chi connectivity index (χ1) is 8.95. The molecule has 2 rings (SSSR count). The SMILES string of the molecule is Cc1ncoc1C(=O)N1CCN(C(C)(C)C#N)CC1. The Morgan fingerprint density at radius 2 is 2.05 bits per heavy atom. The number of piperazine rings is 1. The second kappa shape index (κ2) is 5.02. The molecule has 1 aromatic heterocycles. The van der Waals surface area contributed by atoms with Crippen LogP contribution in [-0.4, -0.2) is 52.4 Å². The van der Waals surface area contributed by atoms with Crippen molar-refractivity contribution >= 4 is 5.91 Å². The molecular formula is C13H18N4O2. The highest BCUT2D eigenvalue weighted by Crippen LogP contribution is 2.17. The number of rotatable bonds is 2. The normalized spacial score (nSPS) is 17.3. The summed E-state index contributed by atoms with van der Waals surface area (Å²) in [5.41, 5.74) is 0.127. The molecule has 1 saturated heterocycles. The Kier molecular flexibility index (Phi) is 3.58. The van der Waals surface area contributed by atoms with Crippen molar-refractivity contribution in [2.75, 3.05) is 26.2 Å². The smallest absolute Gasteiger partial charge is 0.291 e. The lowest BCUT2D eigenvalue weighted by Crippen LogP contribution is -2.55. The number of hydrogen-bond donors (Lipinski definition) is 0. The summed E-state index contributed by atoms with van der Waals surface area (Å²) in [5, 5.41) is 9.11. The Hall–Kier alpha value is -1.87. The molecule has 0 bridgehead atoms. The Balaban J connectivity index is 2.00. The molecule has 1 aliphatic heterocycles. The summed E-state index contributed by atoms with van der Waals surface area (Å²) in [5.74, 6) is 0.192. The molecule has 0 aromatic carbocycles. The van der Waals surface area contributed by atoms with Crippen LogP contribution in [0.1, 0.15) is 30.1 Å². The summed E-state index contributed by atoms with van der Waals surface area (Å²) < 4.78 is 5.13. The Morgan fingerprint density at radius 1 is 1.42 bits per heavy atom. The predicted octanol–water partition coefficient (Wildman–Crippen LogP) is 1.04. The van der Waals surface area contributed by atoms with Crippen molar-refractivity contribution in [3.63, 3.8) is 0 Å². The van der Waals surface area contributed by atoms with E-state index in [1.54, 1.807) is 11.8 Å². The maximum absolute atomic E-state index is 12.2. The fourth-order valence-corrected chi connectivity index (χ4v) is 2.19. The topological polar surface area (TPSA) is 73.4 Å². The molecule has 0 N–H and O–H groups in total. The molecule has 1 amide bonds. The van der Waals surface area contributed by atoms with Crippen LogP contribution in [0.3, 0.4) is 0 Å². The average Bonchev–Trinajstić information content (AvgIpc) is 2.84. The van der Waals surface area contributed by atoms with Crippen LogP contribution in [0.25, 0.3) is 0 Å². The van der Waals surface area contributed by atoms with E-state index in [4.69, 9.17) is 9.68 Å². The number of nitriles is 1. The van der Waals surface area contributed by atoms with Crippen LogP contribution in [0.4, 0.5) is 0 Å². The number of aryl methyl sites for hydroxylation is 1. The van der Waals surface area contributed by atoms with E-state index in [9.17, 15) is 4.79 Å². The van der Waals surface area contributed by atoms with Gasteiger partial charge in [0.2, 0.25) is 5.76 Å². The van der Waals surface area contributed by atoms with Crippen LogP contribution in [0.5, 0.6) is 0 Å². The highest BCUT2D eigenvalue weighted by molar-refractivity contribution is 5.92. The molecule has 0 atom stereocenters. The first-order valence-electron chi connectivity index (χ1n) is 6.31. The van der Waals surface area contributed by atoms with Gasteiger partial charge in [-0.1, -0.05) is 0 Å². The summed E-state index contributed by atoms with van der Waals surface area (Å²) in [7, 11) is 0. The highest BCUT2D eigenvalue weighted by Gasteiger charge is 2.32. The molecule has 1 aliphatic rings. The lowest BCUT2D eigenvalue weighted by molar-refractivity contribution is 0.0494. The van der Waals surface area contributed by atoms with Gasteiger partial charge in [-0.2, -0.15) is 5.26 Å². The standard InChI is InChI=1S/C13H18N4O2/c1-10-11(19-9-15-10)12(18)16-4-6-17(7-5-16)13(2,3)8-14/h9H,4-7H2,1-3H3. The molecule has 6 nitrogen and oxygen atoms in total. The first kappa shape index (κ1) is 13.6. The molecule has 19 heavy (non-hydrogen) atoms. The van der Waals surface area contributed by atoms with Crippen LogP contribution >= 0.6 is 0 Å². The van der Waals surface area contributed by atoms with Gasteiger partial charge in [-0.15, -0.1) is 0 Å². The summed E-state index contributed by atoms with van der Waals surface area (Å²) in [4.78, 5) is 20.0. The van der Waals surface area contributed by atoms with Crippen molar-refractivity contribution in [3.8, 4) is 6.07 Å². The molecule has 1 aromatic rings. The number of hydrogen-bond acceptors (Lipinski definition) is 5. The summed E-state index contributed by atoms with van der Waals surface area (Å²) in [6.07, 6.45) is 1.29. The van der Waals surface area contributed by atoms with Gasteiger partial charge in [-0.05, 0) is 20.8 Å². The van der Waals surface area contributed by atoms with Crippen LogP contribution < -0.4 is 0 Å². The van der Waals surface area contributed by atoms with Crippen molar-refractivity contribution in [1.29, 1.82) is 5.26 Å². The summed E-state index contributed by atoms with van der Waals surface area (Å²) >= 11 is 0.